The Morgan fingerprint density at radius 3 is 2.48 bits per heavy atom. The van der Waals surface area contributed by atoms with Gasteiger partial charge in [0.15, 0.2) is 18.2 Å². The molecule has 2 rings (SSSR count). The number of carbonyl (C=O) groups excluding carboxylic acids is 1. The zero-order valence-electron chi connectivity index (χ0n) is 14.9. The predicted octanol–water partition coefficient (Wildman–Crippen LogP) is 3.53. The minimum atomic E-state index is -3.69. The third-order valence-electron chi connectivity index (χ3n) is 3.75. The van der Waals surface area contributed by atoms with Gasteiger partial charge in [-0.1, -0.05) is 37.6 Å². The fraction of sp³-hybridized carbons (Fsp3) is 0.278. The first kappa shape index (κ1) is 21.1. The van der Waals surface area contributed by atoms with Crippen molar-refractivity contribution in [3.63, 3.8) is 0 Å². The minimum absolute atomic E-state index is 0.0147. The lowest BCUT2D eigenvalue weighted by Crippen LogP contribution is -2.30. The van der Waals surface area contributed by atoms with Crippen LogP contribution in [-0.4, -0.2) is 38.3 Å². The van der Waals surface area contributed by atoms with Crippen molar-refractivity contribution in [1.82, 2.24) is 4.31 Å². The number of rotatable bonds is 8. The van der Waals surface area contributed by atoms with E-state index in [1.165, 1.54) is 40.7 Å². The quantitative estimate of drug-likeness (QED) is 0.717. The molecule has 0 atom stereocenters. The number of hydrogen-bond acceptors (Lipinski definition) is 4. The molecule has 2 aromatic rings. The number of amides is 1. The fourth-order valence-electron chi connectivity index (χ4n) is 2.36. The Morgan fingerprint density at radius 1 is 1.19 bits per heavy atom. The summed E-state index contributed by atoms with van der Waals surface area (Å²) in [6.45, 7) is 3.66. The molecule has 27 heavy (non-hydrogen) atoms. The van der Waals surface area contributed by atoms with E-state index in [9.17, 15) is 17.6 Å². The summed E-state index contributed by atoms with van der Waals surface area (Å²) in [5.74, 6) is -1.25. The monoisotopic (exact) mass is 414 g/mol. The van der Waals surface area contributed by atoms with Crippen LogP contribution >= 0.6 is 11.6 Å². The van der Waals surface area contributed by atoms with E-state index in [2.05, 4.69) is 5.32 Å². The van der Waals surface area contributed by atoms with E-state index in [1.54, 1.807) is 19.9 Å². The van der Waals surface area contributed by atoms with Crippen molar-refractivity contribution in [2.75, 3.05) is 25.0 Å². The average Bonchev–Trinajstić information content (AvgIpc) is 2.63. The van der Waals surface area contributed by atoms with Gasteiger partial charge >= 0.3 is 0 Å². The predicted molar refractivity (Wildman–Crippen MR) is 102 cm³/mol. The molecular formula is C18H20ClFN2O4S. The zero-order chi connectivity index (χ0) is 20.0. The maximum atomic E-state index is 13.5. The van der Waals surface area contributed by atoms with Gasteiger partial charge in [0, 0.05) is 13.1 Å². The van der Waals surface area contributed by atoms with Crippen LogP contribution in [0.15, 0.2) is 47.4 Å². The summed E-state index contributed by atoms with van der Waals surface area (Å²) in [5.41, 5.74) is 0.132. The number of benzene rings is 2. The lowest BCUT2D eigenvalue weighted by atomic mass is 10.3. The molecule has 0 unspecified atom stereocenters. The van der Waals surface area contributed by atoms with Gasteiger partial charge in [-0.2, -0.15) is 4.31 Å². The van der Waals surface area contributed by atoms with Crippen LogP contribution in [0.4, 0.5) is 10.1 Å². The minimum Gasteiger partial charge on any atom is -0.481 e. The van der Waals surface area contributed by atoms with Crippen LogP contribution in [0.5, 0.6) is 5.75 Å². The van der Waals surface area contributed by atoms with E-state index >= 15 is 0 Å². The summed E-state index contributed by atoms with van der Waals surface area (Å²) in [6.07, 6.45) is 0. The molecule has 146 valence electrons. The zero-order valence-corrected chi connectivity index (χ0v) is 16.5. The van der Waals surface area contributed by atoms with Crippen LogP contribution in [0.1, 0.15) is 13.8 Å². The molecule has 1 amide bonds. The highest BCUT2D eigenvalue weighted by molar-refractivity contribution is 7.89. The SMILES string of the molecule is CCN(CC)S(=O)(=O)c1ccc(Cl)c(NC(=O)COc2ccccc2F)c1. The highest BCUT2D eigenvalue weighted by atomic mass is 35.5. The number of carbonyl (C=O) groups is 1. The molecule has 0 aliphatic rings. The second-order valence-corrected chi connectivity index (χ2v) is 7.84. The first-order valence-electron chi connectivity index (χ1n) is 8.26. The second kappa shape index (κ2) is 9.16. The van der Waals surface area contributed by atoms with E-state index < -0.39 is 28.4 Å². The van der Waals surface area contributed by atoms with Gasteiger partial charge in [-0.05, 0) is 30.3 Å². The third-order valence-corrected chi connectivity index (χ3v) is 6.13. The molecule has 0 saturated carbocycles. The number of sulfonamides is 1. The van der Waals surface area contributed by atoms with Crippen LogP contribution in [0.2, 0.25) is 5.02 Å². The normalized spacial score (nSPS) is 11.4. The van der Waals surface area contributed by atoms with Crippen LogP contribution in [0.25, 0.3) is 0 Å². The van der Waals surface area contributed by atoms with E-state index in [0.717, 1.165) is 0 Å². The van der Waals surface area contributed by atoms with E-state index in [0.29, 0.717) is 13.1 Å². The summed E-state index contributed by atoms with van der Waals surface area (Å²) in [6, 6.07) is 9.75. The number of para-hydroxylation sites is 1. The van der Waals surface area contributed by atoms with Gasteiger partial charge in [-0.15, -0.1) is 0 Å². The topological polar surface area (TPSA) is 75.7 Å². The van der Waals surface area contributed by atoms with Gasteiger partial charge in [-0.25, -0.2) is 12.8 Å². The van der Waals surface area contributed by atoms with Crippen molar-refractivity contribution in [3.8, 4) is 5.75 Å². The van der Waals surface area contributed by atoms with Crippen molar-refractivity contribution in [2.45, 2.75) is 18.7 Å². The van der Waals surface area contributed by atoms with E-state index in [1.807, 2.05) is 0 Å². The van der Waals surface area contributed by atoms with Crippen molar-refractivity contribution in [3.05, 3.63) is 53.3 Å². The summed E-state index contributed by atoms with van der Waals surface area (Å²) in [7, 11) is -3.69. The highest BCUT2D eigenvalue weighted by Crippen LogP contribution is 2.27. The average molecular weight is 415 g/mol. The number of nitrogens with one attached hydrogen (secondary N) is 1. The highest BCUT2D eigenvalue weighted by Gasteiger charge is 2.22. The maximum Gasteiger partial charge on any atom is 0.262 e. The molecule has 0 saturated heterocycles. The number of halogens is 2. The van der Waals surface area contributed by atoms with Crippen LogP contribution in [0, 0.1) is 5.82 Å². The largest absolute Gasteiger partial charge is 0.481 e. The Balaban J connectivity index is 2.14. The molecule has 9 heteroatoms. The molecule has 0 aliphatic carbocycles. The lowest BCUT2D eigenvalue weighted by molar-refractivity contribution is -0.118. The molecule has 2 aromatic carbocycles. The van der Waals surface area contributed by atoms with Gasteiger partial charge < -0.3 is 10.1 Å². The van der Waals surface area contributed by atoms with Crippen molar-refractivity contribution in [2.24, 2.45) is 0 Å². The van der Waals surface area contributed by atoms with Crippen LogP contribution < -0.4 is 10.1 Å². The van der Waals surface area contributed by atoms with Crippen molar-refractivity contribution in [1.29, 1.82) is 0 Å². The standard InChI is InChI=1S/C18H20ClFN2O4S/c1-3-22(4-2)27(24,25)13-9-10-14(19)16(11-13)21-18(23)12-26-17-8-6-5-7-15(17)20/h5-11H,3-4,12H2,1-2H3,(H,21,23). The Kier molecular flexibility index (Phi) is 7.18. The fourth-order valence-corrected chi connectivity index (χ4v) is 4.01. The molecule has 1 N–H and O–H groups in total. The summed E-state index contributed by atoms with van der Waals surface area (Å²) >= 11 is 6.06. The van der Waals surface area contributed by atoms with Crippen molar-refractivity contribution >= 4 is 33.2 Å². The van der Waals surface area contributed by atoms with Crippen molar-refractivity contribution < 1.29 is 22.3 Å². The second-order valence-electron chi connectivity index (χ2n) is 5.50. The Morgan fingerprint density at radius 2 is 1.85 bits per heavy atom. The summed E-state index contributed by atoms with van der Waals surface area (Å²) in [5, 5.41) is 2.66. The molecule has 0 radical (unpaired) electrons. The molecule has 0 heterocycles. The molecule has 6 nitrogen and oxygen atoms in total. The van der Waals surface area contributed by atoms with Gasteiger partial charge in [0.1, 0.15) is 0 Å². The van der Waals surface area contributed by atoms with E-state index in [4.69, 9.17) is 16.3 Å². The molecule has 0 bridgehead atoms. The number of hydrogen-bond donors (Lipinski definition) is 1. The van der Waals surface area contributed by atoms with E-state index in [-0.39, 0.29) is 21.4 Å². The summed E-state index contributed by atoms with van der Waals surface area (Å²) in [4.78, 5) is 12.1. The Labute approximate surface area is 162 Å². The third kappa shape index (κ3) is 5.18. The molecule has 0 spiro atoms. The molecule has 0 aromatic heterocycles. The molecule has 0 aliphatic heterocycles. The van der Waals surface area contributed by atoms with Gasteiger partial charge in [0.25, 0.3) is 5.91 Å². The van der Waals surface area contributed by atoms with Gasteiger partial charge in [-0.3, -0.25) is 4.79 Å². The smallest absolute Gasteiger partial charge is 0.262 e. The summed E-state index contributed by atoms with van der Waals surface area (Å²) < 4.78 is 45.1. The van der Waals surface area contributed by atoms with Gasteiger partial charge in [0.2, 0.25) is 10.0 Å². The number of ether oxygens (including phenoxy) is 1. The Hall–Kier alpha value is -2.16. The molecule has 0 fully saturated rings. The lowest BCUT2D eigenvalue weighted by Gasteiger charge is -2.19. The number of anilines is 1. The first-order chi connectivity index (χ1) is 12.8. The molecular weight excluding hydrogens is 395 g/mol. The number of nitrogens with zero attached hydrogens (tertiary/aromatic N) is 1. The van der Waals surface area contributed by atoms with Crippen LogP contribution in [0.3, 0.4) is 0 Å². The first-order valence-corrected chi connectivity index (χ1v) is 10.1. The maximum absolute atomic E-state index is 13.5. The van der Waals surface area contributed by atoms with Gasteiger partial charge in [0.05, 0.1) is 15.6 Å². The Bertz CT molecular complexity index is 917. The van der Waals surface area contributed by atoms with Crippen LogP contribution in [-0.2, 0) is 14.8 Å².